The van der Waals surface area contributed by atoms with E-state index < -0.39 is 0 Å². The molecule has 2 unspecified atom stereocenters. The maximum Gasteiger partial charge on any atom is 0.310 e. The van der Waals surface area contributed by atoms with E-state index >= 15 is 0 Å². The van der Waals surface area contributed by atoms with Crippen LogP contribution in [0.1, 0.15) is 65.2 Å². The molecule has 1 amide bonds. The molecule has 5 fully saturated rings. The van der Waals surface area contributed by atoms with Crippen LogP contribution in [0.4, 0.5) is 0 Å². The maximum absolute atomic E-state index is 12.7. The smallest absolute Gasteiger partial charge is 0.310 e. The predicted octanol–water partition coefficient (Wildman–Crippen LogP) is 2.98. The predicted molar refractivity (Wildman–Crippen MR) is 104 cm³/mol. The van der Waals surface area contributed by atoms with Crippen molar-refractivity contribution in [1.29, 1.82) is 0 Å². The molecule has 1 aliphatic heterocycles. The summed E-state index contributed by atoms with van der Waals surface area (Å²) in [5.74, 6) is 2.66. The van der Waals surface area contributed by atoms with Gasteiger partial charge in [0, 0.05) is 12.6 Å². The molecule has 4 aliphatic carbocycles. The maximum atomic E-state index is 12.7. The molecule has 1 saturated heterocycles. The molecule has 4 bridgehead atoms. The first-order chi connectivity index (χ1) is 13.0. The lowest BCUT2D eigenvalue weighted by Gasteiger charge is -2.59. The second-order valence-corrected chi connectivity index (χ2v) is 9.90. The zero-order valence-corrected chi connectivity index (χ0v) is 17.0. The Morgan fingerprint density at radius 1 is 1.15 bits per heavy atom. The summed E-state index contributed by atoms with van der Waals surface area (Å²) < 4.78 is 5.17. The lowest BCUT2D eigenvalue weighted by Crippen LogP contribution is -2.57. The summed E-state index contributed by atoms with van der Waals surface area (Å²) >= 11 is 0. The van der Waals surface area contributed by atoms with Crippen molar-refractivity contribution in [2.24, 2.45) is 29.1 Å². The Morgan fingerprint density at radius 3 is 2.37 bits per heavy atom. The Kier molecular flexibility index (Phi) is 5.50. The fraction of sp³-hybridized carbons (Fsp3) is 0.909. The number of ether oxygens (including phenoxy) is 1. The van der Waals surface area contributed by atoms with Gasteiger partial charge in [0.1, 0.15) is 0 Å². The van der Waals surface area contributed by atoms with E-state index in [1.807, 2.05) is 6.92 Å². The third-order valence-electron chi connectivity index (χ3n) is 7.87. The number of hydrogen-bond donors (Lipinski definition) is 1. The average Bonchev–Trinajstić information content (AvgIpc) is 2.61. The number of amides is 1. The highest BCUT2D eigenvalue weighted by molar-refractivity contribution is 5.78. The lowest BCUT2D eigenvalue weighted by atomic mass is 9.48. The van der Waals surface area contributed by atoms with Gasteiger partial charge in [0.15, 0.2) is 0 Å². The van der Waals surface area contributed by atoms with Crippen molar-refractivity contribution in [2.45, 2.75) is 71.3 Å². The highest BCUT2D eigenvalue weighted by Crippen LogP contribution is 2.61. The van der Waals surface area contributed by atoms with E-state index in [0.717, 1.165) is 37.1 Å². The van der Waals surface area contributed by atoms with E-state index in [-0.39, 0.29) is 23.8 Å². The van der Waals surface area contributed by atoms with Gasteiger partial charge in [-0.05, 0) is 94.9 Å². The fourth-order valence-corrected chi connectivity index (χ4v) is 7.00. The third-order valence-corrected chi connectivity index (χ3v) is 7.87. The first-order valence-corrected chi connectivity index (χ1v) is 11.2. The number of rotatable bonds is 6. The van der Waals surface area contributed by atoms with Crippen LogP contribution in [0, 0.1) is 29.1 Å². The first kappa shape index (κ1) is 19.2. The van der Waals surface area contributed by atoms with Gasteiger partial charge in [-0.25, -0.2) is 0 Å². The molecule has 0 aromatic carbocycles. The molecule has 27 heavy (non-hydrogen) atoms. The van der Waals surface area contributed by atoms with Crippen LogP contribution in [0.2, 0.25) is 0 Å². The van der Waals surface area contributed by atoms with E-state index in [0.29, 0.717) is 25.1 Å². The number of esters is 1. The number of nitrogens with one attached hydrogen (secondary N) is 1. The van der Waals surface area contributed by atoms with Crippen LogP contribution in [-0.4, -0.2) is 49.1 Å². The molecule has 0 aromatic heterocycles. The molecule has 5 heteroatoms. The molecule has 5 rings (SSSR count). The third kappa shape index (κ3) is 4.03. The first-order valence-electron chi connectivity index (χ1n) is 11.2. The van der Waals surface area contributed by atoms with E-state index in [4.69, 9.17) is 4.74 Å². The number of carbonyl (C=O) groups excluding carboxylic acids is 2. The number of likely N-dealkylation sites (tertiary alicyclic amines) is 1. The molecular formula is C22H36N2O3. The topological polar surface area (TPSA) is 58.6 Å². The average molecular weight is 377 g/mol. The summed E-state index contributed by atoms with van der Waals surface area (Å²) in [6, 6.07) is 0.268. The quantitative estimate of drug-likeness (QED) is 0.724. The Morgan fingerprint density at radius 2 is 1.78 bits per heavy atom. The van der Waals surface area contributed by atoms with E-state index in [2.05, 4.69) is 17.1 Å². The normalized spacial score (nSPS) is 39.2. The van der Waals surface area contributed by atoms with Crippen LogP contribution < -0.4 is 5.32 Å². The number of hydrogen-bond acceptors (Lipinski definition) is 4. The summed E-state index contributed by atoms with van der Waals surface area (Å²) in [6.45, 7) is 6.47. The highest BCUT2D eigenvalue weighted by Gasteiger charge is 2.53. The largest absolute Gasteiger partial charge is 0.466 e. The Bertz CT molecular complexity index is 541. The molecule has 2 atom stereocenters. The van der Waals surface area contributed by atoms with Gasteiger partial charge in [0.2, 0.25) is 5.91 Å². The zero-order chi connectivity index (χ0) is 19.0. The van der Waals surface area contributed by atoms with Crippen LogP contribution in [0.15, 0.2) is 0 Å². The molecular weight excluding hydrogens is 340 g/mol. The van der Waals surface area contributed by atoms with Crippen LogP contribution in [0.5, 0.6) is 0 Å². The second-order valence-electron chi connectivity index (χ2n) is 9.90. The summed E-state index contributed by atoms with van der Waals surface area (Å²) in [7, 11) is 0. The van der Waals surface area contributed by atoms with E-state index in [9.17, 15) is 9.59 Å². The van der Waals surface area contributed by atoms with Crippen LogP contribution in [0.3, 0.4) is 0 Å². The van der Waals surface area contributed by atoms with Gasteiger partial charge in [0.05, 0.1) is 19.1 Å². The number of carbonyl (C=O) groups is 2. The SMILES string of the molecule is CCOC(=O)C1CCCN(CC(=O)NC(C)C23CC4CC(CC(C4)C2)C3)C1. The molecule has 5 nitrogen and oxygen atoms in total. The van der Waals surface area contributed by atoms with Gasteiger partial charge >= 0.3 is 5.97 Å². The van der Waals surface area contributed by atoms with Gasteiger partial charge in [0.25, 0.3) is 0 Å². The monoisotopic (exact) mass is 376 g/mol. The van der Waals surface area contributed by atoms with Crippen molar-refractivity contribution in [3.8, 4) is 0 Å². The van der Waals surface area contributed by atoms with Crippen molar-refractivity contribution in [3.05, 3.63) is 0 Å². The van der Waals surface area contributed by atoms with Crippen LogP contribution >= 0.6 is 0 Å². The van der Waals surface area contributed by atoms with Crippen molar-refractivity contribution in [2.75, 3.05) is 26.2 Å². The minimum absolute atomic E-state index is 0.0768. The summed E-state index contributed by atoms with van der Waals surface area (Å²) in [5.41, 5.74) is 0.347. The van der Waals surface area contributed by atoms with E-state index in [1.54, 1.807) is 0 Å². The van der Waals surface area contributed by atoms with Crippen LogP contribution in [0.25, 0.3) is 0 Å². The van der Waals surface area contributed by atoms with Crippen molar-refractivity contribution < 1.29 is 14.3 Å². The standard InChI is InChI=1S/C22H36N2O3/c1-3-27-21(26)19-5-4-6-24(13-19)14-20(25)23-15(2)22-10-16-7-17(11-22)9-18(8-16)12-22/h15-19H,3-14H2,1-2H3,(H,23,25). The molecule has 1 heterocycles. The minimum atomic E-state index is -0.107. The zero-order valence-electron chi connectivity index (χ0n) is 17.0. The number of nitrogens with zero attached hydrogens (tertiary/aromatic N) is 1. The van der Waals surface area contributed by atoms with Crippen molar-refractivity contribution in [1.82, 2.24) is 10.2 Å². The Balaban J connectivity index is 1.30. The van der Waals surface area contributed by atoms with Crippen molar-refractivity contribution >= 4 is 11.9 Å². The minimum Gasteiger partial charge on any atom is -0.466 e. The summed E-state index contributed by atoms with van der Waals surface area (Å²) in [4.78, 5) is 26.9. The van der Waals surface area contributed by atoms with Gasteiger partial charge in [-0.1, -0.05) is 0 Å². The van der Waals surface area contributed by atoms with Gasteiger partial charge < -0.3 is 10.1 Å². The van der Waals surface area contributed by atoms with Crippen molar-refractivity contribution in [3.63, 3.8) is 0 Å². The molecule has 0 aromatic rings. The van der Waals surface area contributed by atoms with Gasteiger partial charge in [-0.2, -0.15) is 0 Å². The summed E-state index contributed by atoms with van der Waals surface area (Å²) in [6.07, 6.45) is 10.1. The molecule has 0 radical (unpaired) electrons. The molecule has 4 saturated carbocycles. The summed E-state index contributed by atoms with van der Waals surface area (Å²) in [5, 5.41) is 3.36. The Labute approximate surface area is 163 Å². The van der Waals surface area contributed by atoms with Crippen LogP contribution in [-0.2, 0) is 14.3 Å². The number of piperidine rings is 1. The molecule has 152 valence electrons. The molecule has 1 N–H and O–H groups in total. The van der Waals surface area contributed by atoms with E-state index in [1.165, 1.54) is 38.5 Å². The molecule has 5 aliphatic rings. The molecule has 0 spiro atoms. The second kappa shape index (κ2) is 7.73. The van der Waals surface area contributed by atoms with Gasteiger partial charge in [-0.15, -0.1) is 0 Å². The highest BCUT2D eigenvalue weighted by atomic mass is 16.5. The Hall–Kier alpha value is -1.10. The van der Waals surface area contributed by atoms with Gasteiger partial charge in [-0.3, -0.25) is 14.5 Å². The fourth-order valence-electron chi connectivity index (χ4n) is 7.00. The lowest BCUT2D eigenvalue weighted by molar-refractivity contribution is -0.150.